The van der Waals surface area contributed by atoms with Gasteiger partial charge in [0.15, 0.2) is 0 Å². The van der Waals surface area contributed by atoms with Crippen LogP contribution in [0.4, 0.5) is 0 Å². The first-order chi connectivity index (χ1) is 14.8. The van der Waals surface area contributed by atoms with Crippen molar-refractivity contribution in [2.75, 3.05) is 11.6 Å². The number of hydrogen-bond donors (Lipinski definition) is 1. The summed E-state index contributed by atoms with van der Waals surface area (Å²) in [6.45, 7) is 4.00. The van der Waals surface area contributed by atoms with E-state index in [0.29, 0.717) is 5.75 Å². The van der Waals surface area contributed by atoms with Gasteiger partial charge in [-0.15, -0.1) is 23.1 Å². The van der Waals surface area contributed by atoms with Crippen LogP contribution in [0.3, 0.4) is 0 Å². The first-order valence-electron chi connectivity index (χ1n) is 9.80. The normalized spacial score (nSPS) is 17.0. The van der Waals surface area contributed by atoms with Crippen molar-refractivity contribution >= 4 is 39.0 Å². The standard InChI is InChI=1S/C22H23N3O3S3/c1-15-8-16(2)10-19(9-15)31(27,28)25-14-29-13-20(25)21(26)23-11-18-12-30-22(24-18)17-6-4-3-5-7-17/h3-10,12,20H,11,13-14H2,1-2H3,(H,23,26). The van der Waals surface area contributed by atoms with E-state index in [1.807, 2.05) is 55.6 Å². The SMILES string of the molecule is Cc1cc(C)cc(S(=O)(=O)N2CSCC2C(=O)NCc2csc(-c3ccccc3)n2)c1. The number of aromatic nitrogens is 1. The smallest absolute Gasteiger partial charge is 0.244 e. The maximum Gasteiger partial charge on any atom is 0.244 e. The summed E-state index contributed by atoms with van der Waals surface area (Å²) in [5.41, 5.74) is 3.54. The molecule has 1 aliphatic heterocycles. The highest BCUT2D eigenvalue weighted by atomic mass is 32.2. The average Bonchev–Trinajstić information content (AvgIpc) is 3.42. The van der Waals surface area contributed by atoms with Crippen molar-refractivity contribution < 1.29 is 13.2 Å². The number of hydrogen-bond acceptors (Lipinski definition) is 6. The summed E-state index contributed by atoms with van der Waals surface area (Å²) in [4.78, 5) is 17.7. The molecule has 1 saturated heterocycles. The van der Waals surface area contributed by atoms with Gasteiger partial charge in [-0.3, -0.25) is 4.79 Å². The summed E-state index contributed by atoms with van der Waals surface area (Å²) in [6, 6.07) is 14.4. The van der Waals surface area contributed by atoms with Crippen LogP contribution in [0.1, 0.15) is 16.8 Å². The van der Waals surface area contributed by atoms with E-state index in [2.05, 4.69) is 10.3 Å². The molecule has 0 radical (unpaired) electrons. The highest BCUT2D eigenvalue weighted by Crippen LogP contribution is 2.29. The average molecular weight is 474 g/mol. The van der Waals surface area contributed by atoms with Crippen LogP contribution >= 0.6 is 23.1 Å². The third-order valence-corrected chi connectivity index (χ3v) is 8.91. The number of aryl methyl sites for hydroxylation is 2. The van der Waals surface area contributed by atoms with Crippen molar-refractivity contribution in [3.63, 3.8) is 0 Å². The predicted octanol–water partition coefficient (Wildman–Crippen LogP) is 3.81. The Morgan fingerprint density at radius 2 is 1.87 bits per heavy atom. The number of benzene rings is 2. The summed E-state index contributed by atoms with van der Waals surface area (Å²) in [6.07, 6.45) is 0. The molecule has 3 aromatic rings. The Hall–Kier alpha value is -2.20. The van der Waals surface area contributed by atoms with E-state index >= 15 is 0 Å². The molecule has 6 nitrogen and oxygen atoms in total. The molecule has 1 aliphatic rings. The van der Waals surface area contributed by atoms with Gasteiger partial charge in [-0.25, -0.2) is 13.4 Å². The van der Waals surface area contributed by atoms with Crippen molar-refractivity contribution in [2.45, 2.75) is 31.3 Å². The Labute approximate surface area is 190 Å². The predicted molar refractivity (Wildman–Crippen MR) is 125 cm³/mol. The number of nitrogens with one attached hydrogen (secondary N) is 1. The summed E-state index contributed by atoms with van der Waals surface area (Å²) < 4.78 is 27.7. The minimum Gasteiger partial charge on any atom is -0.349 e. The number of carbonyl (C=O) groups is 1. The van der Waals surface area contributed by atoms with E-state index in [-0.39, 0.29) is 23.2 Å². The van der Waals surface area contributed by atoms with Gasteiger partial charge in [-0.05, 0) is 37.1 Å². The molecular formula is C22H23N3O3S3. The highest BCUT2D eigenvalue weighted by Gasteiger charge is 2.40. The Morgan fingerprint density at radius 1 is 1.16 bits per heavy atom. The molecule has 9 heteroatoms. The van der Waals surface area contributed by atoms with Gasteiger partial charge in [0.2, 0.25) is 15.9 Å². The Balaban J connectivity index is 1.45. The summed E-state index contributed by atoms with van der Waals surface area (Å²) in [5, 5.41) is 5.67. The van der Waals surface area contributed by atoms with Crippen LogP contribution in [0.2, 0.25) is 0 Å². The number of thiazole rings is 1. The van der Waals surface area contributed by atoms with Crippen molar-refractivity contribution in [2.24, 2.45) is 0 Å². The molecule has 1 unspecified atom stereocenters. The summed E-state index contributed by atoms with van der Waals surface area (Å²) in [5.74, 6) is 0.400. The lowest BCUT2D eigenvalue weighted by Crippen LogP contribution is -2.47. The molecule has 31 heavy (non-hydrogen) atoms. The Kier molecular flexibility index (Phi) is 6.47. The monoisotopic (exact) mass is 473 g/mol. The molecule has 1 fully saturated rings. The topological polar surface area (TPSA) is 79.4 Å². The maximum atomic E-state index is 13.2. The molecule has 1 aromatic heterocycles. The van der Waals surface area contributed by atoms with Crippen LogP contribution in [-0.4, -0.2) is 41.3 Å². The number of amides is 1. The third-order valence-electron chi connectivity index (χ3n) is 4.96. The number of sulfonamides is 1. The van der Waals surface area contributed by atoms with E-state index < -0.39 is 16.1 Å². The van der Waals surface area contributed by atoms with Gasteiger partial charge in [0.25, 0.3) is 0 Å². The Morgan fingerprint density at radius 3 is 2.58 bits per heavy atom. The molecule has 4 rings (SSSR count). The second-order valence-electron chi connectivity index (χ2n) is 7.46. The third kappa shape index (κ3) is 4.85. The van der Waals surface area contributed by atoms with Gasteiger partial charge in [0.05, 0.1) is 23.0 Å². The van der Waals surface area contributed by atoms with Crippen LogP contribution in [0.15, 0.2) is 58.8 Å². The fourth-order valence-corrected chi connectivity index (χ4v) is 7.65. The van der Waals surface area contributed by atoms with Crippen LogP contribution < -0.4 is 5.32 Å². The second-order valence-corrected chi connectivity index (χ2v) is 11.2. The number of thioether (sulfide) groups is 1. The zero-order chi connectivity index (χ0) is 22.0. The van der Waals surface area contributed by atoms with E-state index in [4.69, 9.17) is 0 Å². The number of carbonyl (C=O) groups excluding carboxylic acids is 1. The van der Waals surface area contributed by atoms with Gasteiger partial charge < -0.3 is 5.32 Å². The molecule has 2 heterocycles. The zero-order valence-electron chi connectivity index (χ0n) is 17.2. The highest BCUT2D eigenvalue weighted by molar-refractivity contribution is 8.00. The van der Waals surface area contributed by atoms with E-state index in [0.717, 1.165) is 27.4 Å². The quantitative estimate of drug-likeness (QED) is 0.589. The van der Waals surface area contributed by atoms with Crippen molar-refractivity contribution in [1.82, 2.24) is 14.6 Å². The summed E-state index contributed by atoms with van der Waals surface area (Å²) >= 11 is 2.96. The van der Waals surface area contributed by atoms with Gasteiger partial charge >= 0.3 is 0 Å². The number of nitrogens with zero attached hydrogens (tertiary/aromatic N) is 2. The summed E-state index contributed by atoms with van der Waals surface area (Å²) in [7, 11) is -3.75. The van der Waals surface area contributed by atoms with Crippen molar-refractivity contribution in [1.29, 1.82) is 0 Å². The minimum atomic E-state index is -3.75. The molecule has 0 spiro atoms. The first kappa shape index (κ1) is 22.0. The minimum absolute atomic E-state index is 0.234. The van der Waals surface area contributed by atoms with E-state index in [9.17, 15) is 13.2 Å². The van der Waals surface area contributed by atoms with E-state index in [1.54, 1.807) is 12.1 Å². The van der Waals surface area contributed by atoms with Crippen LogP contribution in [-0.2, 0) is 21.4 Å². The number of rotatable bonds is 6. The van der Waals surface area contributed by atoms with Gasteiger partial charge in [0.1, 0.15) is 11.0 Å². The van der Waals surface area contributed by atoms with Gasteiger partial charge in [0, 0.05) is 16.7 Å². The maximum absolute atomic E-state index is 13.2. The fourth-order valence-electron chi connectivity index (χ4n) is 3.48. The molecule has 1 atom stereocenters. The van der Waals surface area contributed by atoms with Crippen LogP contribution in [0, 0.1) is 13.8 Å². The van der Waals surface area contributed by atoms with E-state index in [1.165, 1.54) is 27.4 Å². The fraction of sp³-hybridized carbons (Fsp3) is 0.273. The molecular weight excluding hydrogens is 450 g/mol. The van der Waals surface area contributed by atoms with Crippen LogP contribution in [0.5, 0.6) is 0 Å². The largest absolute Gasteiger partial charge is 0.349 e. The van der Waals surface area contributed by atoms with Gasteiger partial charge in [-0.1, -0.05) is 36.4 Å². The molecule has 1 N–H and O–H groups in total. The molecule has 0 saturated carbocycles. The molecule has 1 amide bonds. The lowest BCUT2D eigenvalue weighted by Gasteiger charge is -2.23. The zero-order valence-corrected chi connectivity index (χ0v) is 19.7. The lowest BCUT2D eigenvalue weighted by atomic mass is 10.2. The first-order valence-corrected chi connectivity index (χ1v) is 13.3. The lowest BCUT2D eigenvalue weighted by molar-refractivity contribution is -0.124. The van der Waals surface area contributed by atoms with Crippen molar-refractivity contribution in [3.05, 3.63) is 70.7 Å². The molecule has 0 aliphatic carbocycles. The second kappa shape index (κ2) is 9.12. The van der Waals surface area contributed by atoms with Gasteiger partial charge in [-0.2, -0.15) is 4.31 Å². The molecule has 0 bridgehead atoms. The molecule has 2 aromatic carbocycles. The van der Waals surface area contributed by atoms with Crippen molar-refractivity contribution in [3.8, 4) is 10.6 Å². The Bertz CT molecular complexity index is 1170. The van der Waals surface area contributed by atoms with Crippen LogP contribution in [0.25, 0.3) is 10.6 Å². The molecule has 162 valence electrons.